The average Bonchev–Trinajstić information content (AvgIpc) is 2.17. The van der Waals surface area contributed by atoms with Gasteiger partial charge in [0.25, 0.3) is 0 Å². The van der Waals surface area contributed by atoms with E-state index < -0.39 is 8.32 Å². The SMILES string of the molecule is C[Si](C)(C)OCCC[Si]c1ccccc1. The zero-order chi connectivity index (χ0) is 11.1. The smallest absolute Gasteiger partial charge is 0.183 e. The van der Waals surface area contributed by atoms with Crippen molar-refractivity contribution in [3.05, 3.63) is 30.3 Å². The van der Waals surface area contributed by atoms with Gasteiger partial charge >= 0.3 is 0 Å². The van der Waals surface area contributed by atoms with E-state index in [0.717, 1.165) is 16.1 Å². The molecule has 2 radical (unpaired) electrons. The van der Waals surface area contributed by atoms with Crippen molar-refractivity contribution in [2.45, 2.75) is 32.1 Å². The van der Waals surface area contributed by atoms with E-state index >= 15 is 0 Å². The highest BCUT2D eigenvalue weighted by molar-refractivity contribution is 6.69. The summed E-state index contributed by atoms with van der Waals surface area (Å²) in [7, 11) is -0.350. The fourth-order valence-electron chi connectivity index (χ4n) is 1.24. The van der Waals surface area contributed by atoms with Crippen molar-refractivity contribution >= 4 is 23.0 Å². The van der Waals surface area contributed by atoms with Crippen molar-refractivity contribution in [1.82, 2.24) is 0 Å². The van der Waals surface area contributed by atoms with E-state index in [1.54, 1.807) is 0 Å². The molecule has 1 aromatic rings. The predicted molar refractivity (Wildman–Crippen MR) is 70.6 cm³/mol. The van der Waals surface area contributed by atoms with Crippen LogP contribution in [0.4, 0.5) is 0 Å². The Morgan fingerprint density at radius 2 is 1.80 bits per heavy atom. The third-order valence-electron chi connectivity index (χ3n) is 1.96. The summed E-state index contributed by atoms with van der Waals surface area (Å²) >= 11 is 0. The predicted octanol–water partition coefficient (Wildman–Crippen LogP) is 2.68. The largest absolute Gasteiger partial charge is 0.418 e. The van der Waals surface area contributed by atoms with Gasteiger partial charge in [0.15, 0.2) is 8.32 Å². The Hall–Kier alpha value is -0.386. The Kier molecular flexibility index (Phi) is 5.29. The summed E-state index contributed by atoms with van der Waals surface area (Å²) in [5.74, 6) is 0. The van der Waals surface area contributed by atoms with Crippen LogP contribution in [-0.4, -0.2) is 24.4 Å². The zero-order valence-electron chi connectivity index (χ0n) is 9.92. The summed E-state index contributed by atoms with van der Waals surface area (Å²) < 4.78 is 5.81. The Morgan fingerprint density at radius 3 is 2.40 bits per heavy atom. The number of hydrogen-bond donors (Lipinski definition) is 0. The maximum absolute atomic E-state index is 5.81. The van der Waals surface area contributed by atoms with Crippen LogP contribution >= 0.6 is 0 Å². The molecule has 0 saturated heterocycles. The highest BCUT2D eigenvalue weighted by atomic mass is 28.4. The maximum Gasteiger partial charge on any atom is 0.183 e. The van der Waals surface area contributed by atoms with Gasteiger partial charge in [-0.2, -0.15) is 0 Å². The molecule has 82 valence electrons. The molecule has 0 aliphatic rings. The molecule has 0 N–H and O–H groups in total. The summed E-state index contributed by atoms with van der Waals surface area (Å²) in [4.78, 5) is 0. The first-order valence-corrected chi connectivity index (χ1v) is 10.1. The second kappa shape index (κ2) is 6.25. The third-order valence-corrected chi connectivity index (χ3v) is 4.37. The lowest BCUT2D eigenvalue weighted by Gasteiger charge is -2.16. The van der Waals surface area contributed by atoms with Crippen molar-refractivity contribution < 1.29 is 4.43 Å². The molecule has 15 heavy (non-hydrogen) atoms. The molecule has 1 aromatic carbocycles. The van der Waals surface area contributed by atoms with Crippen molar-refractivity contribution in [2.75, 3.05) is 6.61 Å². The molecule has 0 aliphatic heterocycles. The number of benzene rings is 1. The van der Waals surface area contributed by atoms with Crippen LogP contribution in [0.15, 0.2) is 30.3 Å². The Balaban J connectivity index is 2.08. The molecule has 0 atom stereocenters. The van der Waals surface area contributed by atoms with Gasteiger partial charge < -0.3 is 4.43 Å². The molecular weight excluding hydrogens is 216 g/mol. The molecule has 0 aliphatic carbocycles. The van der Waals surface area contributed by atoms with E-state index in [1.165, 1.54) is 17.7 Å². The standard InChI is InChI=1S/C12H20OSi2/c1-15(2,3)13-10-7-11-14-12-8-5-4-6-9-12/h4-6,8-9H,7,10-11H2,1-3H3. The summed E-state index contributed by atoms with van der Waals surface area (Å²) in [6.45, 7) is 7.67. The van der Waals surface area contributed by atoms with Crippen LogP contribution in [0.25, 0.3) is 0 Å². The summed E-state index contributed by atoms with van der Waals surface area (Å²) in [6, 6.07) is 12.0. The molecule has 1 rings (SSSR count). The first-order valence-electron chi connectivity index (χ1n) is 5.51. The van der Waals surface area contributed by atoms with Gasteiger partial charge in [0.2, 0.25) is 0 Å². The third kappa shape index (κ3) is 6.65. The average molecular weight is 236 g/mol. The van der Waals surface area contributed by atoms with Gasteiger partial charge in [0.1, 0.15) is 0 Å². The van der Waals surface area contributed by atoms with Crippen LogP contribution in [0.5, 0.6) is 0 Å². The van der Waals surface area contributed by atoms with E-state index in [2.05, 4.69) is 50.0 Å². The van der Waals surface area contributed by atoms with Crippen molar-refractivity contribution in [2.24, 2.45) is 0 Å². The Labute approximate surface area is 96.8 Å². The topological polar surface area (TPSA) is 9.23 Å². The van der Waals surface area contributed by atoms with E-state index in [1.807, 2.05) is 0 Å². The van der Waals surface area contributed by atoms with Gasteiger partial charge in [-0.1, -0.05) is 41.6 Å². The molecule has 0 amide bonds. The lowest BCUT2D eigenvalue weighted by Crippen LogP contribution is -2.26. The quantitative estimate of drug-likeness (QED) is 0.545. The van der Waals surface area contributed by atoms with Gasteiger partial charge in [-0.15, -0.1) is 0 Å². The second-order valence-corrected chi connectivity index (χ2v) is 10.6. The van der Waals surface area contributed by atoms with Crippen LogP contribution < -0.4 is 5.19 Å². The molecule has 0 bridgehead atoms. The van der Waals surface area contributed by atoms with E-state index in [9.17, 15) is 0 Å². The highest BCUT2D eigenvalue weighted by Crippen LogP contribution is 2.03. The van der Waals surface area contributed by atoms with Crippen LogP contribution in [0.2, 0.25) is 25.7 Å². The van der Waals surface area contributed by atoms with Crippen molar-refractivity contribution in [1.29, 1.82) is 0 Å². The van der Waals surface area contributed by atoms with Crippen LogP contribution in [0, 0.1) is 0 Å². The minimum absolute atomic E-state index is 0.933. The molecular formula is C12H20OSi2. The van der Waals surface area contributed by atoms with Crippen molar-refractivity contribution in [3.63, 3.8) is 0 Å². The van der Waals surface area contributed by atoms with Crippen molar-refractivity contribution in [3.8, 4) is 0 Å². The Morgan fingerprint density at radius 1 is 1.13 bits per heavy atom. The van der Waals surface area contributed by atoms with E-state index in [-0.39, 0.29) is 0 Å². The molecule has 1 nitrogen and oxygen atoms in total. The normalized spacial score (nSPS) is 11.7. The van der Waals surface area contributed by atoms with Crippen LogP contribution in [-0.2, 0) is 4.43 Å². The van der Waals surface area contributed by atoms with Gasteiger partial charge in [0.05, 0.1) is 9.52 Å². The molecule has 0 heterocycles. The van der Waals surface area contributed by atoms with Gasteiger partial charge in [-0.05, 0) is 26.1 Å². The monoisotopic (exact) mass is 236 g/mol. The zero-order valence-corrected chi connectivity index (χ0v) is 11.9. The number of rotatable bonds is 6. The minimum atomic E-state index is -1.28. The molecule has 0 fully saturated rings. The maximum atomic E-state index is 5.81. The number of hydrogen-bond acceptors (Lipinski definition) is 1. The molecule has 3 heteroatoms. The first-order chi connectivity index (χ1) is 7.08. The molecule has 0 spiro atoms. The highest BCUT2D eigenvalue weighted by Gasteiger charge is 2.12. The van der Waals surface area contributed by atoms with Crippen LogP contribution in [0.1, 0.15) is 6.42 Å². The first kappa shape index (κ1) is 12.7. The Bertz CT molecular complexity index is 267. The fourth-order valence-corrected chi connectivity index (χ4v) is 3.03. The van der Waals surface area contributed by atoms with E-state index in [4.69, 9.17) is 4.43 Å². The van der Waals surface area contributed by atoms with Crippen LogP contribution in [0.3, 0.4) is 0 Å². The fraction of sp³-hybridized carbons (Fsp3) is 0.500. The van der Waals surface area contributed by atoms with Gasteiger partial charge in [-0.3, -0.25) is 0 Å². The van der Waals surface area contributed by atoms with Gasteiger partial charge in [-0.25, -0.2) is 0 Å². The van der Waals surface area contributed by atoms with Gasteiger partial charge in [0, 0.05) is 6.61 Å². The summed E-state index contributed by atoms with van der Waals surface area (Å²) in [5, 5.41) is 1.46. The summed E-state index contributed by atoms with van der Waals surface area (Å²) in [6.07, 6.45) is 1.19. The lowest BCUT2D eigenvalue weighted by atomic mass is 10.4. The van der Waals surface area contributed by atoms with E-state index in [0.29, 0.717) is 0 Å². The molecule has 0 saturated carbocycles. The lowest BCUT2D eigenvalue weighted by molar-refractivity contribution is 0.311. The summed E-state index contributed by atoms with van der Waals surface area (Å²) in [5.41, 5.74) is 0. The molecule has 0 unspecified atom stereocenters. The second-order valence-electron chi connectivity index (χ2n) is 4.61. The molecule has 0 aromatic heterocycles. The minimum Gasteiger partial charge on any atom is -0.418 e.